The number of sulfonamides is 1. The van der Waals surface area contributed by atoms with Crippen LogP contribution in [-0.4, -0.2) is 28.6 Å². The second-order valence-corrected chi connectivity index (χ2v) is 12.2. The minimum atomic E-state index is -3.59. The lowest BCUT2D eigenvalue weighted by Gasteiger charge is -2.19. The molecule has 1 fully saturated rings. The fourth-order valence-electron chi connectivity index (χ4n) is 4.35. The topological polar surface area (TPSA) is 135 Å². The number of aromatic amines is 1. The number of rotatable bonds is 7. The molecule has 10 nitrogen and oxygen atoms in total. The highest BCUT2D eigenvalue weighted by atomic mass is 127. The van der Waals surface area contributed by atoms with Gasteiger partial charge in [0.2, 0.25) is 10.0 Å². The van der Waals surface area contributed by atoms with Gasteiger partial charge in [-0.15, -0.1) is 0 Å². The van der Waals surface area contributed by atoms with Gasteiger partial charge in [-0.3, -0.25) is 23.7 Å². The fraction of sp³-hybridized carbons (Fsp3) is 0.240. The lowest BCUT2D eigenvalue weighted by molar-refractivity contribution is 0.580. The van der Waals surface area contributed by atoms with Crippen molar-refractivity contribution in [3.05, 3.63) is 94.2 Å². The molecule has 0 atom stereocenters. The Labute approximate surface area is 229 Å². The summed E-state index contributed by atoms with van der Waals surface area (Å²) >= 11 is 1.96. The molecule has 0 saturated heterocycles. The van der Waals surface area contributed by atoms with Crippen LogP contribution in [0.3, 0.4) is 0 Å². The maximum atomic E-state index is 14.7. The van der Waals surface area contributed by atoms with E-state index in [0.29, 0.717) is 9.13 Å². The van der Waals surface area contributed by atoms with E-state index in [1.54, 1.807) is 24.3 Å². The van der Waals surface area contributed by atoms with Gasteiger partial charge in [0.25, 0.3) is 11.1 Å². The average Bonchev–Trinajstić information content (AvgIpc) is 3.64. The van der Waals surface area contributed by atoms with Gasteiger partial charge in [0.1, 0.15) is 17.0 Å². The number of hydrogen-bond acceptors (Lipinski definition) is 6. The Morgan fingerprint density at radius 1 is 1.13 bits per heavy atom. The number of anilines is 2. The first-order chi connectivity index (χ1) is 17.9. The molecule has 2 heterocycles. The number of benzene rings is 2. The number of pyridine rings is 1. The van der Waals surface area contributed by atoms with Crippen molar-refractivity contribution in [2.24, 2.45) is 7.05 Å². The molecule has 3 N–H and O–H groups in total. The van der Waals surface area contributed by atoms with E-state index in [2.05, 4.69) is 15.0 Å². The molecule has 0 unspecified atom stereocenters. The van der Waals surface area contributed by atoms with Crippen LogP contribution in [0.2, 0.25) is 0 Å². The third-order valence-electron chi connectivity index (χ3n) is 6.30. The van der Waals surface area contributed by atoms with Crippen molar-refractivity contribution in [1.82, 2.24) is 18.8 Å². The lowest BCUT2D eigenvalue weighted by Crippen LogP contribution is -2.34. The average molecular weight is 651 g/mol. The summed E-state index contributed by atoms with van der Waals surface area (Å²) in [4.78, 5) is 41.7. The molecule has 0 radical (unpaired) electrons. The molecule has 13 heteroatoms. The molecule has 198 valence electrons. The number of H-pyrrole nitrogens is 1. The molecular formula is C25H23FIN5O5S. The van der Waals surface area contributed by atoms with Crippen molar-refractivity contribution in [3.8, 4) is 5.69 Å². The first kappa shape index (κ1) is 26.3. The lowest BCUT2D eigenvalue weighted by atomic mass is 10.1. The van der Waals surface area contributed by atoms with Gasteiger partial charge in [-0.05, 0) is 78.3 Å². The number of halogens is 2. The van der Waals surface area contributed by atoms with Gasteiger partial charge in [-0.1, -0.05) is 12.1 Å². The van der Waals surface area contributed by atoms with Crippen LogP contribution in [0.15, 0.2) is 56.8 Å². The number of hydrogen-bond donors (Lipinski definition) is 3. The third-order valence-corrected chi connectivity index (χ3v) is 8.37. The maximum absolute atomic E-state index is 14.7. The number of nitrogens with one attached hydrogen (secondary N) is 3. The Hall–Kier alpha value is -3.30. The zero-order valence-electron chi connectivity index (χ0n) is 20.3. The minimum Gasteiger partial charge on any atom is -0.338 e. The molecule has 1 aliphatic carbocycles. The van der Waals surface area contributed by atoms with Crippen LogP contribution in [0.5, 0.6) is 0 Å². The summed E-state index contributed by atoms with van der Waals surface area (Å²) in [5.74, 6) is -0.887. The Balaban J connectivity index is 1.72. The highest BCUT2D eigenvalue weighted by Gasteiger charge is 2.27. The molecule has 38 heavy (non-hydrogen) atoms. The molecule has 0 aliphatic heterocycles. The van der Waals surface area contributed by atoms with Crippen LogP contribution in [0.25, 0.3) is 16.6 Å². The number of fused-ring (bicyclic) bond motifs is 1. The van der Waals surface area contributed by atoms with Crippen molar-refractivity contribution >= 4 is 55.0 Å². The summed E-state index contributed by atoms with van der Waals surface area (Å²) in [5.41, 5.74) is -1.20. The van der Waals surface area contributed by atoms with Crippen molar-refractivity contribution < 1.29 is 12.8 Å². The zero-order valence-corrected chi connectivity index (χ0v) is 23.3. The van der Waals surface area contributed by atoms with Crippen LogP contribution >= 0.6 is 22.6 Å². The molecule has 1 aliphatic rings. The minimum absolute atomic E-state index is 0.00178. The van der Waals surface area contributed by atoms with E-state index in [4.69, 9.17) is 0 Å². The molecule has 0 amide bonds. The van der Waals surface area contributed by atoms with Crippen LogP contribution in [0.4, 0.5) is 15.9 Å². The van der Waals surface area contributed by atoms with Gasteiger partial charge in [-0.2, -0.15) is 0 Å². The van der Waals surface area contributed by atoms with Crippen molar-refractivity contribution in [1.29, 1.82) is 0 Å². The predicted octanol–water partition coefficient (Wildman–Crippen LogP) is 2.76. The van der Waals surface area contributed by atoms with Crippen molar-refractivity contribution in [2.75, 3.05) is 5.32 Å². The monoisotopic (exact) mass is 651 g/mol. The van der Waals surface area contributed by atoms with Gasteiger partial charge in [0.05, 0.1) is 22.6 Å². The van der Waals surface area contributed by atoms with Crippen molar-refractivity contribution in [3.63, 3.8) is 0 Å². The van der Waals surface area contributed by atoms with Gasteiger partial charge in [-0.25, -0.2) is 22.3 Å². The quantitative estimate of drug-likeness (QED) is 0.263. The maximum Gasteiger partial charge on any atom is 0.333 e. The van der Waals surface area contributed by atoms with Crippen LogP contribution < -0.4 is 26.8 Å². The van der Waals surface area contributed by atoms with E-state index in [0.717, 1.165) is 17.4 Å². The Morgan fingerprint density at radius 2 is 1.87 bits per heavy atom. The Morgan fingerprint density at radius 3 is 2.55 bits per heavy atom. The summed E-state index contributed by atoms with van der Waals surface area (Å²) in [6.45, 7) is 1.49. The van der Waals surface area contributed by atoms with Gasteiger partial charge >= 0.3 is 5.69 Å². The Bertz CT molecular complexity index is 1890. The molecule has 4 aromatic rings. The second-order valence-electron chi connectivity index (χ2n) is 9.23. The van der Waals surface area contributed by atoms with E-state index in [1.807, 2.05) is 22.6 Å². The van der Waals surface area contributed by atoms with E-state index in [1.165, 1.54) is 36.7 Å². The van der Waals surface area contributed by atoms with Crippen LogP contribution in [0, 0.1) is 16.3 Å². The number of aromatic nitrogens is 3. The smallest absolute Gasteiger partial charge is 0.333 e. The molecule has 0 bridgehead atoms. The number of aryl methyl sites for hydroxylation is 1. The van der Waals surface area contributed by atoms with Gasteiger partial charge in [0, 0.05) is 22.2 Å². The van der Waals surface area contributed by atoms with E-state index in [-0.39, 0.29) is 45.5 Å². The molecular weight excluding hydrogens is 628 g/mol. The molecule has 2 aromatic heterocycles. The predicted molar refractivity (Wildman–Crippen MR) is 151 cm³/mol. The van der Waals surface area contributed by atoms with Crippen LogP contribution in [-0.2, 0) is 22.8 Å². The zero-order chi connectivity index (χ0) is 27.4. The number of nitrogens with zero attached hydrogens (tertiary/aromatic N) is 2. The molecule has 2 aromatic carbocycles. The summed E-state index contributed by atoms with van der Waals surface area (Å²) in [7, 11) is -2.15. The van der Waals surface area contributed by atoms with E-state index >= 15 is 0 Å². The summed E-state index contributed by atoms with van der Waals surface area (Å²) in [6, 6.07) is 10.7. The largest absolute Gasteiger partial charge is 0.338 e. The third kappa shape index (κ3) is 5.05. The first-order valence-corrected chi connectivity index (χ1v) is 14.4. The van der Waals surface area contributed by atoms with Crippen LogP contribution in [0.1, 0.15) is 24.0 Å². The van der Waals surface area contributed by atoms with Crippen molar-refractivity contribution in [2.45, 2.75) is 31.6 Å². The summed E-state index contributed by atoms with van der Waals surface area (Å²) in [5, 5.41) is 2.81. The fourth-order valence-corrected chi connectivity index (χ4v) is 6.24. The van der Waals surface area contributed by atoms with E-state index < -0.39 is 32.6 Å². The normalized spacial score (nSPS) is 13.7. The van der Waals surface area contributed by atoms with Gasteiger partial charge in [0.15, 0.2) is 0 Å². The molecule has 1 saturated carbocycles. The highest BCUT2D eigenvalue weighted by molar-refractivity contribution is 14.1. The van der Waals surface area contributed by atoms with E-state index in [9.17, 15) is 27.2 Å². The Kier molecular flexibility index (Phi) is 6.77. The van der Waals surface area contributed by atoms with Gasteiger partial charge < -0.3 is 5.32 Å². The molecule has 5 rings (SSSR count). The second kappa shape index (κ2) is 9.78. The SMILES string of the molecule is Cc1c(=O)n(C)c(Nc2ccc(I)cc2F)c2c(=O)[nH]c(=O)n(-c3cccc(CS(=O)(=O)NC4CC4)c3)c12. The summed E-state index contributed by atoms with van der Waals surface area (Å²) in [6.07, 6.45) is 1.60. The highest BCUT2D eigenvalue weighted by Crippen LogP contribution is 2.27. The standard InChI is InChI=1S/C25H23FIN5O5S/c1-13-21-20(22(31(2)24(13)34)28-19-9-6-15(27)11-18(19)26)23(33)29-25(35)32(21)17-5-3-4-14(10-17)12-38(36,37)30-16-7-8-16/h3-6,9-11,16,28,30H,7-8,12H2,1-2H3,(H,29,33,35). The first-order valence-electron chi connectivity index (χ1n) is 11.6. The summed E-state index contributed by atoms with van der Waals surface area (Å²) < 4.78 is 45.3. The molecule has 0 spiro atoms.